The van der Waals surface area contributed by atoms with Crippen molar-refractivity contribution in [2.75, 3.05) is 6.61 Å². The number of ether oxygens (including phenoxy) is 1. The van der Waals surface area contributed by atoms with Gasteiger partial charge in [-0.15, -0.1) is 0 Å². The summed E-state index contributed by atoms with van der Waals surface area (Å²) < 4.78 is 64.3. The predicted molar refractivity (Wildman–Crippen MR) is 116 cm³/mol. The highest BCUT2D eigenvalue weighted by Gasteiger charge is 2.27. The molecule has 170 valence electrons. The molecule has 0 aliphatic heterocycles. The second-order valence-electron chi connectivity index (χ2n) is 8.60. The van der Waals surface area contributed by atoms with E-state index in [-0.39, 0.29) is 29.4 Å². The summed E-state index contributed by atoms with van der Waals surface area (Å²) in [7, 11) is 0. The second kappa shape index (κ2) is 11.0. The predicted octanol–water partition coefficient (Wildman–Crippen LogP) is 8.55. The van der Waals surface area contributed by atoms with E-state index in [0.717, 1.165) is 57.8 Å². The SMILES string of the molecule is CCCCCCOc1ccc(-c2ccc(C3CCC(CC)CC3)c(F)c2F)c(F)c1F. The molecule has 0 spiro atoms. The van der Waals surface area contributed by atoms with Crippen LogP contribution in [0.4, 0.5) is 17.6 Å². The molecule has 0 radical (unpaired) electrons. The molecule has 2 aromatic carbocycles. The normalized spacial score (nSPS) is 18.9. The number of hydrogen-bond donors (Lipinski definition) is 0. The average Bonchev–Trinajstić information content (AvgIpc) is 2.79. The van der Waals surface area contributed by atoms with Gasteiger partial charge < -0.3 is 4.74 Å². The summed E-state index contributed by atoms with van der Waals surface area (Å²) in [4.78, 5) is 0. The van der Waals surface area contributed by atoms with Gasteiger partial charge in [-0.2, -0.15) is 4.39 Å². The topological polar surface area (TPSA) is 9.23 Å². The minimum absolute atomic E-state index is 0.0311. The lowest BCUT2D eigenvalue weighted by Crippen LogP contribution is -2.14. The van der Waals surface area contributed by atoms with Gasteiger partial charge in [-0.1, -0.05) is 51.7 Å². The van der Waals surface area contributed by atoms with Gasteiger partial charge in [-0.05, 0) is 61.6 Å². The Morgan fingerprint density at radius 1 is 0.742 bits per heavy atom. The molecule has 31 heavy (non-hydrogen) atoms. The van der Waals surface area contributed by atoms with Gasteiger partial charge in [0.15, 0.2) is 23.2 Å². The minimum Gasteiger partial charge on any atom is -0.490 e. The quantitative estimate of drug-likeness (QED) is 0.283. The number of rotatable bonds is 9. The lowest BCUT2D eigenvalue weighted by molar-refractivity contribution is 0.285. The molecule has 1 aliphatic carbocycles. The molecule has 0 unspecified atom stereocenters. The fourth-order valence-electron chi connectivity index (χ4n) is 4.53. The van der Waals surface area contributed by atoms with Crippen molar-refractivity contribution < 1.29 is 22.3 Å². The number of hydrogen-bond acceptors (Lipinski definition) is 1. The van der Waals surface area contributed by atoms with E-state index in [2.05, 4.69) is 13.8 Å². The molecular weight excluding hydrogens is 404 g/mol. The number of halogens is 4. The molecule has 0 N–H and O–H groups in total. The maximum absolute atomic E-state index is 14.9. The first-order chi connectivity index (χ1) is 15.0. The van der Waals surface area contributed by atoms with E-state index in [4.69, 9.17) is 4.74 Å². The molecule has 5 heteroatoms. The molecule has 3 rings (SSSR count). The first-order valence-corrected chi connectivity index (χ1v) is 11.6. The Hall–Kier alpha value is -2.04. The van der Waals surface area contributed by atoms with Crippen LogP contribution < -0.4 is 4.74 Å². The van der Waals surface area contributed by atoms with Crippen LogP contribution >= 0.6 is 0 Å². The largest absolute Gasteiger partial charge is 0.490 e. The van der Waals surface area contributed by atoms with Crippen molar-refractivity contribution in [1.29, 1.82) is 0 Å². The Labute approximate surface area is 182 Å². The van der Waals surface area contributed by atoms with Gasteiger partial charge in [-0.3, -0.25) is 0 Å². The van der Waals surface area contributed by atoms with Crippen LogP contribution in [0.5, 0.6) is 5.75 Å². The zero-order chi connectivity index (χ0) is 22.4. The minimum atomic E-state index is -1.22. The highest BCUT2D eigenvalue weighted by Crippen LogP contribution is 2.40. The highest BCUT2D eigenvalue weighted by atomic mass is 19.2. The Morgan fingerprint density at radius 2 is 1.39 bits per heavy atom. The summed E-state index contributed by atoms with van der Waals surface area (Å²) in [5, 5.41) is 0. The maximum atomic E-state index is 14.9. The van der Waals surface area contributed by atoms with Crippen LogP contribution in [0.2, 0.25) is 0 Å². The summed E-state index contributed by atoms with van der Waals surface area (Å²) in [5.74, 6) is -4.06. The number of benzene rings is 2. The van der Waals surface area contributed by atoms with Crippen LogP contribution in [0.25, 0.3) is 11.1 Å². The van der Waals surface area contributed by atoms with E-state index < -0.39 is 23.3 Å². The van der Waals surface area contributed by atoms with Crippen molar-refractivity contribution in [2.45, 2.75) is 77.6 Å². The van der Waals surface area contributed by atoms with Gasteiger partial charge >= 0.3 is 0 Å². The summed E-state index contributed by atoms with van der Waals surface area (Å²) in [6, 6.07) is 5.43. The summed E-state index contributed by atoms with van der Waals surface area (Å²) in [6.45, 7) is 4.52. The van der Waals surface area contributed by atoms with Crippen molar-refractivity contribution in [1.82, 2.24) is 0 Å². The van der Waals surface area contributed by atoms with E-state index in [9.17, 15) is 17.6 Å². The van der Waals surface area contributed by atoms with E-state index >= 15 is 0 Å². The van der Waals surface area contributed by atoms with Gasteiger partial charge in [0.05, 0.1) is 6.61 Å². The number of unbranched alkanes of at least 4 members (excludes halogenated alkanes) is 3. The summed E-state index contributed by atoms with van der Waals surface area (Å²) in [6.07, 6.45) is 8.58. The molecule has 1 nitrogen and oxygen atoms in total. The first kappa shape index (κ1) is 23.6. The highest BCUT2D eigenvalue weighted by molar-refractivity contribution is 5.66. The van der Waals surface area contributed by atoms with Gasteiger partial charge in [-0.25, -0.2) is 13.2 Å². The Morgan fingerprint density at radius 3 is 2.03 bits per heavy atom. The molecule has 1 fully saturated rings. The molecule has 0 aromatic heterocycles. The maximum Gasteiger partial charge on any atom is 0.201 e. The summed E-state index contributed by atoms with van der Waals surface area (Å²) >= 11 is 0. The molecule has 0 atom stereocenters. The van der Waals surface area contributed by atoms with Crippen LogP contribution in [0.3, 0.4) is 0 Å². The van der Waals surface area contributed by atoms with E-state index in [1.165, 1.54) is 24.3 Å². The van der Waals surface area contributed by atoms with Gasteiger partial charge in [0.1, 0.15) is 0 Å². The lowest BCUT2D eigenvalue weighted by atomic mass is 9.77. The van der Waals surface area contributed by atoms with E-state index in [1.54, 1.807) is 0 Å². The Balaban J connectivity index is 1.78. The Kier molecular flexibility index (Phi) is 8.39. The third kappa shape index (κ3) is 5.42. The Bertz CT molecular complexity index is 872. The van der Waals surface area contributed by atoms with Crippen molar-refractivity contribution in [2.24, 2.45) is 5.92 Å². The standard InChI is InChI=1S/C26H32F4O/c1-3-5-6-7-16-31-22-15-14-21(25(29)26(22)30)20-13-12-19(23(27)24(20)28)18-10-8-17(4-2)9-11-18/h12-15,17-18H,3-11,16H2,1-2H3. The van der Waals surface area contributed by atoms with Crippen molar-refractivity contribution in [3.63, 3.8) is 0 Å². The van der Waals surface area contributed by atoms with Gasteiger partial charge in [0, 0.05) is 11.1 Å². The third-order valence-electron chi connectivity index (χ3n) is 6.57. The van der Waals surface area contributed by atoms with Crippen LogP contribution in [-0.4, -0.2) is 6.61 Å². The molecule has 0 bridgehead atoms. The third-order valence-corrected chi connectivity index (χ3v) is 6.57. The molecule has 0 saturated heterocycles. The first-order valence-electron chi connectivity index (χ1n) is 11.6. The lowest BCUT2D eigenvalue weighted by Gasteiger charge is -2.28. The van der Waals surface area contributed by atoms with E-state index in [0.29, 0.717) is 11.5 Å². The van der Waals surface area contributed by atoms with Crippen molar-refractivity contribution >= 4 is 0 Å². The average molecular weight is 437 g/mol. The monoisotopic (exact) mass is 436 g/mol. The van der Waals surface area contributed by atoms with Crippen LogP contribution in [0, 0.1) is 29.2 Å². The van der Waals surface area contributed by atoms with Crippen LogP contribution in [-0.2, 0) is 0 Å². The molecular formula is C26H32F4O. The molecule has 1 aliphatic rings. The molecule has 0 amide bonds. The summed E-state index contributed by atoms with van der Waals surface area (Å²) in [5.41, 5.74) is -0.230. The fraction of sp³-hybridized carbons (Fsp3) is 0.538. The van der Waals surface area contributed by atoms with Crippen LogP contribution in [0.15, 0.2) is 24.3 Å². The van der Waals surface area contributed by atoms with Crippen molar-refractivity contribution in [3.8, 4) is 16.9 Å². The van der Waals surface area contributed by atoms with Gasteiger partial charge in [0.25, 0.3) is 0 Å². The molecule has 1 saturated carbocycles. The van der Waals surface area contributed by atoms with Crippen LogP contribution in [0.1, 0.15) is 83.1 Å². The fourth-order valence-corrected chi connectivity index (χ4v) is 4.53. The molecule has 0 heterocycles. The van der Waals surface area contributed by atoms with Crippen molar-refractivity contribution in [3.05, 3.63) is 53.1 Å². The molecule has 2 aromatic rings. The zero-order valence-corrected chi connectivity index (χ0v) is 18.5. The van der Waals surface area contributed by atoms with E-state index in [1.807, 2.05) is 0 Å². The second-order valence-corrected chi connectivity index (χ2v) is 8.60. The zero-order valence-electron chi connectivity index (χ0n) is 18.5. The smallest absolute Gasteiger partial charge is 0.201 e. The van der Waals surface area contributed by atoms with Gasteiger partial charge in [0.2, 0.25) is 5.82 Å².